The van der Waals surface area contributed by atoms with Gasteiger partial charge in [-0.25, -0.2) is 0 Å². The summed E-state index contributed by atoms with van der Waals surface area (Å²) in [5.74, 6) is 0.711. The fourth-order valence-corrected chi connectivity index (χ4v) is 5.37. The average Bonchev–Trinajstić information content (AvgIpc) is 3.32. The minimum atomic E-state index is -0.169. The van der Waals surface area contributed by atoms with Crippen LogP contribution in [0.4, 0.5) is 0 Å². The third-order valence-electron chi connectivity index (χ3n) is 6.37. The van der Waals surface area contributed by atoms with Gasteiger partial charge in [-0.05, 0) is 24.7 Å². The van der Waals surface area contributed by atoms with Gasteiger partial charge in [0.25, 0.3) is 5.91 Å². The molecule has 0 saturated carbocycles. The van der Waals surface area contributed by atoms with Crippen LogP contribution in [-0.2, 0) is 4.74 Å². The van der Waals surface area contributed by atoms with Crippen LogP contribution in [0.1, 0.15) is 43.6 Å². The highest BCUT2D eigenvalue weighted by Crippen LogP contribution is 2.55. The molecule has 1 aromatic heterocycles. The fourth-order valence-electron chi connectivity index (χ4n) is 5.37. The average molecular weight is 359 g/mol. The van der Waals surface area contributed by atoms with Crippen LogP contribution in [0.2, 0.25) is 0 Å². The summed E-state index contributed by atoms with van der Waals surface area (Å²) in [6, 6.07) is 1.59. The van der Waals surface area contributed by atoms with Crippen LogP contribution in [0.25, 0.3) is 0 Å². The first-order chi connectivity index (χ1) is 12.4. The summed E-state index contributed by atoms with van der Waals surface area (Å²) >= 11 is 0. The maximum atomic E-state index is 12.2. The molecule has 0 aromatic carbocycles. The minimum absolute atomic E-state index is 0.00178. The molecule has 1 aromatic rings. The maximum Gasteiger partial charge on any atom is 0.273 e. The lowest BCUT2D eigenvalue weighted by atomic mass is 9.73. The van der Waals surface area contributed by atoms with Gasteiger partial charge in [0.15, 0.2) is 5.69 Å². The minimum Gasteiger partial charge on any atom is -0.370 e. The van der Waals surface area contributed by atoms with Gasteiger partial charge < -0.3 is 14.6 Å². The highest BCUT2D eigenvalue weighted by Gasteiger charge is 2.62. The molecule has 6 nitrogen and oxygen atoms in total. The SMILES string of the molecule is C=CCC(C)(C)CN1C[C@@H]2[C@H](CNC(=O)c3ccon3)[C@H]3CC[C@]2(C1)O3. The number of aromatic nitrogens is 1. The second-order valence-electron chi connectivity index (χ2n) is 8.95. The van der Waals surface area contributed by atoms with Gasteiger partial charge in [0.1, 0.15) is 6.26 Å². The molecule has 3 saturated heterocycles. The molecular formula is C20H29N3O3. The molecular weight excluding hydrogens is 330 g/mol. The van der Waals surface area contributed by atoms with E-state index in [0.717, 1.165) is 38.9 Å². The Labute approximate surface area is 154 Å². The Morgan fingerprint density at radius 2 is 2.42 bits per heavy atom. The number of amides is 1. The van der Waals surface area contributed by atoms with Crippen LogP contribution in [0, 0.1) is 17.3 Å². The zero-order valence-corrected chi connectivity index (χ0v) is 15.7. The Morgan fingerprint density at radius 3 is 3.15 bits per heavy atom. The molecule has 142 valence electrons. The van der Waals surface area contributed by atoms with E-state index in [2.05, 4.69) is 35.8 Å². The molecule has 2 bridgehead atoms. The van der Waals surface area contributed by atoms with E-state index in [9.17, 15) is 4.79 Å². The third kappa shape index (κ3) is 3.09. The number of carbonyl (C=O) groups excluding carboxylic acids is 1. The van der Waals surface area contributed by atoms with E-state index in [1.54, 1.807) is 6.07 Å². The molecule has 4 atom stereocenters. The van der Waals surface area contributed by atoms with Gasteiger partial charge in [-0.3, -0.25) is 9.69 Å². The van der Waals surface area contributed by atoms with Crippen LogP contribution < -0.4 is 5.32 Å². The lowest BCUT2D eigenvalue weighted by Gasteiger charge is -2.30. The van der Waals surface area contributed by atoms with Gasteiger partial charge in [-0.2, -0.15) is 0 Å². The zero-order valence-electron chi connectivity index (χ0n) is 15.7. The number of likely N-dealkylation sites (tertiary alicyclic amines) is 1. The topological polar surface area (TPSA) is 67.6 Å². The zero-order chi connectivity index (χ0) is 18.4. The van der Waals surface area contributed by atoms with Crippen molar-refractivity contribution in [3.05, 3.63) is 30.7 Å². The predicted molar refractivity (Wildman–Crippen MR) is 97.7 cm³/mol. The van der Waals surface area contributed by atoms with Gasteiger partial charge in [-0.15, -0.1) is 6.58 Å². The Morgan fingerprint density at radius 1 is 1.58 bits per heavy atom. The Balaban J connectivity index is 1.39. The van der Waals surface area contributed by atoms with Crippen molar-refractivity contribution >= 4 is 5.91 Å². The number of nitrogens with one attached hydrogen (secondary N) is 1. The summed E-state index contributed by atoms with van der Waals surface area (Å²) in [7, 11) is 0. The number of carbonyl (C=O) groups is 1. The standard InChI is InChI=1S/C20H29N3O3/c1-4-7-19(2,3)12-23-11-15-14(17-5-8-20(15,13-23)26-17)10-21-18(24)16-6-9-25-22-16/h4,6,9,14-15,17H,1,5,7-8,10-13H2,2-3H3,(H,21,24)/t14-,15+,17+,20+/m0/s1. The third-order valence-corrected chi connectivity index (χ3v) is 6.37. The molecule has 0 radical (unpaired) electrons. The molecule has 3 aliphatic heterocycles. The number of rotatable bonds is 7. The quantitative estimate of drug-likeness (QED) is 0.758. The van der Waals surface area contributed by atoms with E-state index in [-0.39, 0.29) is 23.0 Å². The van der Waals surface area contributed by atoms with E-state index in [1.165, 1.54) is 6.26 Å². The molecule has 1 N–H and O–H groups in total. The maximum absolute atomic E-state index is 12.2. The number of hydrogen-bond acceptors (Lipinski definition) is 5. The molecule has 1 spiro atoms. The van der Waals surface area contributed by atoms with Gasteiger partial charge in [0.2, 0.25) is 0 Å². The van der Waals surface area contributed by atoms with Crippen molar-refractivity contribution in [2.24, 2.45) is 17.3 Å². The van der Waals surface area contributed by atoms with E-state index in [4.69, 9.17) is 9.26 Å². The van der Waals surface area contributed by atoms with Crippen LogP contribution in [0.3, 0.4) is 0 Å². The molecule has 3 fully saturated rings. The normalized spacial score (nSPS) is 33.4. The molecule has 0 unspecified atom stereocenters. The summed E-state index contributed by atoms with van der Waals surface area (Å²) in [6.07, 6.45) is 6.98. The van der Waals surface area contributed by atoms with Crippen molar-refractivity contribution in [3.63, 3.8) is 0 Å². The van der Waals surface area contributed by atoms with Crippen LogP contribution in [0.5, 0.6) is 0 Å². The molecule has 1 amide bonds. The van der Waals surface area contributed by atoms with E-state index in [1.807, 2.05) is 6.08 Å². The van der Waals surface area contributed by atoms with Crippen molar-refractivity contribution in [3.8, 4) is 0 Å². The molecule has 0 aliphatic carbocycles. The van der Waals surface area contributed by atoms with Crippen molar-refractivity contribution in [1.29, 1.82) is 0 Å². The number of allylic oxidation sites excluding steroid dienone is 1. The van der Waals surface area contributed by atoms with Gasteiger partial charge in [0, 0.05) is 44.1 Å². The molecule has 26 heavy (non-hydrogen) atoms. The lowest BCUT2D eigenvalue weighted by molar-refractivity contribution is 0.0000702. The first-order valence-electron chi connectivity index (χ1n) is 9.62. The van der Waals surface area contributed by atoms with Crippen molar-refractivity contribution in [2.45, 2.75) is 44.8 Å². The summed E-state index contributed by atoms with van der Waals surface area (Å²) in [6.45, 7) is 12.3. The Hall–Kier alpha value is -1.66. The van der Waals surface area contributed by atoms with Crippen LogP contribution in [0.15, 0.2) is 29.5 Å². The largest absolute Gasteiger partial charge is 0.370 e. The highest BCUT2D eigenvalue weighted by molar-refractivity contribution is 5.91. The molecule has 4 heterocycles. The van der Waals surface area contributed by atoms with Crippen LogP contribution >= 0.6 is 0 Å². The molecule has 4 rings (SSSR count). The number of hydrogen-bond donors (Lipinski definition) is 1. The summed E-state index contributed by atoms with van der Waals surface area (Å²) in [5.41, 5.74) is 0.562. The summed E-state index contributed by atoms with van der Waals surface area (Å²) < 4.78 is 11.2. The van der Waals surface area contributed by atoms with Crippen molar-refractivity contribution in [1.82, 2.24) is 15.4 Å². The van der Waals surface area contributed by atoms with Crippen molar-refractivity contribution < 1.29 is 14.1 Å². The number of fused-ring (bicyclic) bond motifs is 1. The van der Waals surface area contributed by atoms with Crippen LogP contribution in [-0.4, -0.2) is 53.8 Å². The Bertz CT molecular complexity index is 672. The van der Waals surface area contributed by atoms with E-state index in [0.29, 0.717) is 24.1 Å². The van der Waals surface area contributed by atoms with E-state index >= 15 is 0 Å². The second kappa shape index (κ2) is 6.50. The first kappa shape index (κ1) is 17.7. The number of ether oxygens (including phenoxy) is 1. The van der Waals surface area contributed by atoms with Gasteiger partial charge in [0.05, 0.1) is 11.7 Å². The van der Waals surface area contributed by atoms with Gasteiger partial charge >= 0.3 is 0 Å². The summed E-state index contributed by atoms with van der Waals surface area (Å²) in [5, 5.41) is 6.74. The molecule has 6 heteroatoms. The van der Waals surface area contributed by atoms with Crippen molar-refractivity contribution in [2.75, 3.05) is 26.2 Å². The van der Waals surface area contributed by atoms with E-state index < -0.39 is 0 Å². The lowest BCUT2D eigenvalue weighted by Crippen LogP contribution is -2.42. The highest BCUT2D eigenvalue weighted by atomic mass is 16.5. The predicted octanol–water partition coefficient (Wildman–Crippen LogP) is 2.49. The molecule has 3 aliphatic rings. The summed E-state index contributed by atoms with van der Waals surface area (Å²) in [4.78, 5) is 14.7. The fraction of sp³-hybridized carbons (Fsp3) is 0.700. The second-order valence-corrected chi connectivity index (χ2v) is 8.95. The monoisotopic (exact) mass is 359 g/mol. The smallest absolute Gasteiger partial charge is 0.273 e. The number of nitrogens with zero attached hydrogens (tertiary/aromatic N) is 2. The Kier molecular flexibility index (Phi) is 4.43. The van der Waals surface area contributed by atoms with Gasteiger partial charge in [-0.1, -0.05) is 25.1 Å². The first-order valence-corrected chi connectivity index (χ1v) is 9.62.